The van der Waals surface area contributed by atoms with E-state index in [1.54, 1.807) is 17.0 Å². The van der Waals surface area contributed by atoms with E-state index < -0.39 is 11.9 Å². The second-order valence-electron chi connectivity index (χ2n) is 6.10. The second-order valence-corrected chi connectivity index (χ2v) is 6.51. The van der Waals surface area contributed by atoms with E-state index in [0.29, 0.717) is 17.3 Å². The minimum atomic E-state index is -0.859. The van der Waals surface area contributed by atoms with Crippen LogP contribution in [0.25, 0.3) is 10.8 Å². The Bertz CT molecular complexity index is 792. The molecule has 1 aliphatic heterocycles. The van der Waals surface area contributed by atoms with Gasteiger partial charge in [-0.25, -0.2) is 0 Å². The number of carboxylic acids is 1. The van der Waals surface area contributed by atoms with E-state index in [2.05, 4.69) is 0 Å². The SMILES string of the molecule is C[C@@H]1CN(C(=O)COc2ccc(Cl)c3ccccc23)C[C@H]1C(=O)O. The van der Waals surface area contributed by atoms with Crippen molar-refractivity contribution < 1.29 is 19.4 Å². The molecule has 0 saturated carbocycles. The standard InChI is InChI=1S/C18H18ClNO4/c1-11-8-20(9-14(11)18(22)23)17(21)10-24-16-7-6-15(19)12-4-2-3-5-13(12)16/h2-7,11,14H,8-10H2,1H3,(H,22,23)/t11-,14-/m1/s1. The fraction of sp³-hybridized carbons (Fsp3) is 0.333. The van der Waals surface area contributed by atoms with Crippen LogP contribution < -0.4 is 4.74 Å². The molecule has 0 unspecified atom stereocenters. The first-order chi connectivity index (χ1) is 11.5. The van der Waals surface area contributed by atoms with Crippen molar-refractivity contribution in [2.45, 2.75) is 6.92 Å². The van der Waals surface area contributed by atoms with Crippen LogP contribution in [-0.2, 0) is 9.59 Å². The number of carbonyl (C=O) groups is 2. The van der Waals surface area contributed by atoms with Gasteiger partial charge >= 0.3 is 5.97 Å². The lowest BCUT2D eigenvalue weighted by Crippen LogP contribution is -2.33. The number of hydrogen-bond acceptors (Lipinski definition) is 3. The molecule has 1 N–H and O–H groups in total. The maximum atomic E-state index is 12.3. The van der Waals surface area contributed by atoms with Gasteiger partial charge in [0, 0.05) is 28.9 Å². The summed E-state index contributed by atoms with van der Waals surface area (Å²) in [4.78, 5) is 25.0. The number of carbonyl (C=O) groups excluding carboxylic acids is 1. The monoisotopic (exact) mass is 347 g/mol. The molecule has 1 saturated heterocycles. The summed E-state index contributed by atoms with van der Waals surface area (Å²) in [7, 11) is 0. The number of carboxylic acid groups (broad SMARTS) is 1. The normalized spacial score (nSPS) is 20.3. The topological polar surface area (TPSA) is 66.8 Å². The van der Waals surface area contributed by atoms with Crippen LogP contribution in [0.15, 0.2) is 36.4 Å². The molecule has 5 nitrogen and oxygen atoms in total. The lowest BCUT2D eigenvalue weighted by molar-refractivity contribution is -0.142. The number of amides is 1. The van der Waals surface area contributed by atoms with Crippen LogP contribution >= 0.6 is 11.6 Å². The third-order valence-corrected chi connectivity index (χ3v) is 4.79. The summed E-state index contributed by atoms with van der Waals surface area (Å²) in [6, 6.07) is 11.0. The van der Waals surface area contributed by atoms with Crippen molar-refractivity contribution in [1.82, 2.24) is 4.90 Å². The van der Waals surface area contributed by atoms with Gasteiger partial charge in [-0.2, -0.15) is 0 Å². The third-order valence-electron chi connectivity index (χ3n) is 4.46. The minimum absolute atomic E-state index is 0.0530. The molecule has 0 aliphatic carbocycles. The minimum Gasteiger partial charge on any atom is -0.483 e. The van der Waals surface area contributed by atoms with Gasteiger partial charge in [-0.1, -0.05) is 42.8 Å². The average molecular weight is 348 g/mol. The highest BCUT2D eigenvalue weighted by atomic mass is 35.5. The van der Waals surface area contributed by atoms with E-state index in [4.69, 9.17) is 21.4 Å². The molecule has 0 radical (unpaired) electrons. The van der Waals surface area contributed by atoms with Crippen LogP contribution in [0.3, 0.4) is 0 Å². The van der Waals surface area contributed by atoms with Gasteiger partial charge < -0.3 is 14.7 Å². The molecule has 1 amide bonds. The number of rotatable bonds is 4. The molecule has 0 bridgehead atoms. The number of ether oxygens (including phenoxy) is 1. The fourth-order valence-corrected chi connectivity index (χ4v) is 3.31. The Labute approximate surface area is 144 Å². The first-order valence-corrected chi connectivity index (χ1v) is 8.16. The quantitative estimate of drug-likeness (QED) is 0.923. The smallest absolute Gasteiger partial charge is 0.308 e. The molecule has 126 valence electrons. The zero-order valence-electron chi connectivity index (χ0n) is 13.2. The van der Waals surface area contributed by atoms with Gasteiger partial charge in [-0.15, -0.1) is 0 Å². The lowest BCUT2D eigenvalue weighted by atomic mass is 9.99. The number of halogens is 1. The van der Waals surface area contributed by atoms with Crippen LogP contribution in [0.1, 0.15) is 6.92 Å². The van der Waals surface area contributed by atoms with Crippen LogP contribution in [0.4, 0.5) is 0 Å². The van der Waals surface area contributed by atoms with Crippen molar-refractivity contribution in [3.05, 3.63) is 41.4 Å². The molecule has 6 heteroatoms. The van der Waals surface area contributed by atoms with Crippen molar-refractivity contribution in [3.63, 3.8) is 0 Å². The zero-order valence-corrected chi connectivity index (χ0v) is 14.0. The van der Waals surface area contributed by atoms with Crippen LogP contribution in [0.5, 0.6) is 5.75 Å². The fourth-order valence-electron chi connectivity index (χ4n) is 3.08. The number of hydrogen-bond donors (Lipinski definition) is 1. The van der Waals surface area contributed by atoms with Gasteiger partial charge in [0.2, 0.25) is 0 Å². The van der Waals surface area contributed by atoms with E-state index in [0.717, 1.165) is 10.8 Å². The maximum Gasteiger partial charge on any atom is 0.308 e. The van der Waals surface area contributed by atoms with Gasteiger partial charge in [-0.05, 0) is 18.1 Å². The first-order valence-electron chi connectivity index (χ1n) is 7.78. The zero-order chi connectivity index (χ0) is 17.3. The summed E-state index contributed by atoms with van der Waals surface area (Å²) in [5.41, 5.74) is 0. The number of likely N-dealkylation sites (tertiary alicyclic amines) is 1. The Balaban J connectivity index is 1.70. The first kappa shape index (κ1) is 16.6. The molecule has 3 rings (SSSR count). The summed E-state index contributed by atoms with van der Waals surface area (Å²) in [6.45, 7) is 2.41. The highest BCUT2D eigenvalue weighted by Crippen LogP contribution is 2.31. The van der Waals surface area contributed by atoms with E-state index >= 15 is 0 Å². The summed E-state index contributed by atoms with van der Waals surface area (Å²) < 4.78 is 5.68. The summed E-state index contributed by atoms with van der Waals surface area (Å²) >= 11 is 6.17. The number of fused-ring (bicyclic) bond motifs is 1. The summed E-state index contributed by atoms with van der Waals surface area (Å²) in [6.07, 6.45) is 0. The number of aliphatic carboxylic acids is 1. The Hall–Kier alpha value is -2.27. The van der Waals surface area contributed by atoms with Gasteiger partial charge in [0.1, 0.15) is 5.75 Å². The van der Waals surface area contributed by atoms with Crippen molar-refractivity contribution in [3.8, 4) is 5.75 Å². The van der Waals surface area contributed by atoms with Crippen LogP contribution in [0, 0.1) is 11.8 Å². The summed E-state index contributed by atoms with van der Waals surface area (Å²) in [5.74, 6) is -1.04. The van der Waals surface area contributed by atoms with E-state index in [1.807, 2.05) is 31.2 Å². The molecule has 24 heavy (non-hydrogen) atoms. The van der Waals surface area contributed by atoms with Gasteiger partial charge in [-0.3, -0.25) is 9.59 Å². The van der Waals surface area contributed by atoms with E-state index in [9.17, 15) is 9.59 Å². The van der Waals surface area contributed by atoms with Crippen molar-refractivity contribution in [2.75, 3.05) is 19.7 Å². The average Bonchev–Trinajstić information content (AvgIpc) is 2.96. The molecule has 1 heterocycles. The van der Waals surface area contributed by atoms with Gasteiger partial charge in [0.15, 0.2) is 6.61 Å². The molecular formula is C18H18ClNO4. The Morgan fingerprint density at radius 3 is 2.58 bits per heavy atom. The van der Waals surface area contributed by atoms with Crippen LogP contribution in [-0.4, -0.2) is 41.6 Å². The van der Waals surface area contributed by atoms with Crippen molar-refractivity contribution >= 4 is 34.2 Å². The molecule has 2 atom stereocenters. The highest BCUT2D eigenvalue weighted by molar-refractivity contribution is 6.35. The Morgan fingerprint density at radius 2 is 1.92 bits per heavy atom. The predicted molar refractivity (Wildman–Crippen MR) is 91.3 cm³/mol. The van der Waals surface area contributed by atoms with Crippen molar-refractivity contribution in [2.24, 2.45) is 11.8 Å². The number of benzene rings is 2. The second kappa shape index (κ2) is 6.69. The molecule has 1 aliphatic rings. The number of nitrogens with zero attached hydrogens (tertiary/aromatic N) is 1. The molecule has 2 aromatic rings. The van der Waals surface area contributed by atoms with E-state index in [1.165, 1.54) is 0 Å². The largest absolute Gasteiger partial charge is 0.483 e. The molecule has 2 aromatic carbocycles. The molecule has 0 aromatic heterocycles. The summed E-state index contributed by atoms with van der Waals surface area (Å²) in [5, 5.41) is 11.5. The van der Waals surface area contributed by atoms with Crippen LogP contribution in [0.2, 0.25) is 5.02 Å². The Kier molecular flexibility index (Phi) is 4.62. The molecule has 0 spiro atoms. The lowest BCUT2D eigenvalue weighted by Gasteiger charge is -2.17. The Morgan fingerprint density at radius 1 is 1.21 bits per heavy atom. The van der Waals surface area contributed by atoms with E-state index in [-0.39, 0.29) is 25.0 Å². The van der Waals surface area contributed by atoms with Crippen molar-refractivity contribution in [1.29, 1.82) is 0 Å². The molecular weight excluding hydrogens is 330 g/mol. The van der Waals surface area contributed by atoms with Gasteiger partial charge in [0.25, 0.3) is 5.91 Å². The van der Waals surface area contributed by atoms with Gasteiger partial charge in [0.05, 0.1) is 5.92 Å². The maximum absolute atomic E-state index is 12.3. The third kappa shape index (κ3) is 3.17. The highest BCUT2D eigenvalue weighted by Gasteiger charge is 2.36. The molecule has 1 fully saturated rings. The predicted octanol–water partition coefficient (Wildman–Crippen LogP) is 3.05.